The number of hydrogen-bond donors (Lipinski definition) is 2. The molecule has 0 aromatic heterocycles. The Hall–Kier alpha value is 0.0549. The second kappa shape index (κ2) is 5.14. The number of aliphatic hydroxyl groups is 1. The van der Waals surface area contributed by atoms with Crippen molar-refractivity contribution in [3.63, 3.8) is 0 Å². The van der Waals surface area contributed by atoms with Crippen LogP contribution in [0.2, 0.25) is 0 Å². The molecule has 0 aromatic rings. The summed E-state index contributed by atoms with van der Waals surface area (Å²) in [4.78, 5) is 9.14. The highest BCUT2D eigenvalue weighted by Crippen LogP contribution is 2.46. The van der Waals surface area contributed by atoms with Crippen molar-refractivity contribution in [1.29, 1.82) is 0 Å². The van der Waals surface area contributed by atoms with Crippen molar-refractivity contribution in [1.82, 2.24) is 0 Å². The molecule has 0 bridgehead atoms. The molecule has 0 aromatic carbocycles. The zero-order valence-corrected chi connectivity index (χ0v) is 9.92. The van der Waals surface area contributed by atoms with Crippen LogP contribution in [0.5, 0.6) is 0 Å². The molecule has 16 heavy (non-hydrogen) atoms. The fourth-order valence-electron chi connectivity index (χ4n) is 1.51. The highest BCUT2D eigenvalue weighted by Gasteiger charge is 2.49. The highest BCUT2D eigenvalue weighted by molar-refractivity contribution is 7.47. The molecule has 1 rings (SSSR count). The van der Waals surface area contributed by atoms with Crippen LogP contribution >= 0.6 is 7.82 Å². The Morgan fingerprint density at radius 2 is 2.25 bits per heavy atom. The Balaban J connectivity index is 2.74. The third-order valence-corrected chi connectivity index (χ3v) is 3.33. The van der Waals surface area contributed by atoms with Gasteiger partial charge < -0.3 is 19.5 Å². The lowest BCUT2D eigenvalue weighted by molar-refractivity contribution is -0.0564. The first-order valence-corrected chi connectivity index (χ1v) is 6.01. The van der Waals surface area contributed by atoms with Crippen molar-refractivity contribution in [2.45, 2.75) is 17.7 Å². The fourth-order valence-corrected chi connectivity index (χ4v) is 2.11. The minimum absolute atomic E-state index is 0.0660. The van der Waals surface area contributed by atoms with E-state index in [-0.39, 0.29) is 6.61 Å². The van der Waals surface area contributed by atoms with Crippen LogP contribution < -0.4 is 0 Å². The van der Waals surface area contributed by atoms with Crippen molar-refractivity contribution in [2.24, 2.45) is 0 Å². The van der Waals surface area contributed by atoms with Gasteiger partial charge in [-0.3, -0.25) is 9.05 Å². The minimum atomic E-state index is -4.14. The summed E-state index contributed by atoms with van der Waals surface area (Å²) in [6, 6.07) is 0. The Kier molecular flexibility index (Phi) is 4.53. The van der Waals surface area contributed by atoms with Gasteiger partial charge in [-0.1, -0.05) is 0 Å². The smallest absolute Gasteiger partial charge is 0.394 e. The van der Waals surface area contributed by atoms with E-state index in [9.17, 15) is 4.57 Å². The lowest BCUT2D eigenvalue weighted by Crippen LogP contribution is -2.48. The zero-order valence-electron chi connectivity index (χ0n) is 9.03. The third kappa shape index (κ3) is 2.84. The van der Waals surface area contributed by atoms with Crippen LogP contribution in [0.1, 0.15) is 0 Å². The Bertz CT molecular complexity index is 288. The number of rotatable bonds is 5. The van der Waals surface area contributed by atoms with E-state index < -0.39 is 32.1 Å². The molecule has 0 amide bonds. The van der Waals surface area contributed by atoms with Gasteiger partial charge in [0.15, 0.2) is 0 Å². The van der Waals surface area contributed by atoms with E-state index in [4.69, 9.17) is 31.8 Å². The molecule has 9 heteroatoms. The molecule has 7 nitrogen and oxygen atoms in total. The topological polar surface area (TPSA) is 94.5 Å². The van der Waals surface area contributed by atoms with Gasteiger partial charge in [-0.25, -0.2) is 4.57 Å². The van der Waals surface area contributed by atoms with Crippen LogP contribution in [-0.2, 0) is 23.1 Å². The van der Waals surface area contributed by atoms with Crippen molar-refractivity contribution in [3.05, 3.63) is 0 Å². The molecule has 1 unspecified atom stereocenters. The largest absolute Gasteiger partial charge is 0.472 e. The third-order valence-electron chi connectivity index (χ3n) is 2.34. The summed E-state index contributed by atoms with van der Waals surface area (Å²) < 4.78 is 30.3. The molecule has 1 saturated heterocycles. The monoisotopic (exact) mass is 252 g/mol. The van der Waals surface area contributed by atoms with E-state index in [0.717, 1.165) is 7.11 Å². The Morgan fingerprint density at radius 3 is 2.69 bits per heavy atom. The molecule has 2 N–H and O–H groups in total. The van der Waals surface area contributed by atoms with Gasteiger partial charge in [-0.05, 0) is 0 Å². The van der Waals surface area contributed by atoms with Crippen molar-refractivity contribution in [3.8, 4) is 0 Å². The normalized spacial score (nSPS) is 38.5. The summed E-state index contributed by atoms with van der Waals surface area (Å²) in [5.41, 5.74) is -1.44. The molecule has 1 aliphatic rings. The Labute approximate surface area is 94.7 Å². The number of methoxy groups -OCH3 is 1. The molecule has 2 radical (unpaired) electrons. The quantitative estimate of drug-likeness (QED) is 0.479. The van der Waals surface area contributed by atoms with Crippen LogP contribution in [0.25, 0.3) is 0 Å². The molecule has 1 fully saturated rings. The Morgan fingerprint density at radius 1 is 1.62 bits per heavy atom. The summed E-state index contributed by atoms with van der Waals surface area (Å²) in [5.74, 6) is 0. The molecular formula is C7H14BO7P. The first-order valence-electron chi connectivity index (χ1n) is 4.52. The standard InChI is InChI=1S/C7H14BO7P/c1-12-6-5(15-16(10,11)13-2)3-14-7(6,8)4-9/h5-6,9H,3-4H2,1-2H3,(H,10,11)/t5-,6+,7+/m0/s1. The van der Waals surface area contributed by atoms with Crippen molar-refractivity contribution >= 4 is 15.7 Å². The molecule has 0 aliphatic carbocycles. The molecule has 92 valence electrons. The maximum absolute atomic E-state index is 11.2. The predicted octanol–water partition coefficient (Wildman–Crippen LogP) is -0.979. The number of ether oxygens (including phenoxy) is 2. The maximum Gasteiger partial charge on any atom is 0.472 e. The average molecular weight is 252 g/mol. The van der Waals surface area contributed by atoms with Crippen molar-refractivity contribution < 1.29 is 33.1 Å². The summed E-state index contributed by atoms with van der Waals surface area (Å²) >= 11 is 0. The van der Waals surface area contributed by atoms with Crippen LogP contribution in [0.3, 0.4) is 0 Å². The minimum Gasteiger partial charge on any atom is -0.394 e. The highest BCUT2D eigenvalue weighted by atomic mass is 31.2. The van der Waals surface area contributed by atoms with Gasteiger partial charge in [0.1, 0.15) is 20.1 Å². The zero-order chi connectivity index (χ0) is 12.4. The average Bonchev–Trinajstić information content (AvgIpc) is 2.55. The van der Waals surface area contributed by atoms with E-state index in [1.165, 1.54) is 7.11 Å². The van der Waals surface area contributed by atoms with Gasteiger partial charge in [0.2, 0.25) is 0 Å². The number of phosphoric ester groups is 1. The van der Waals surface area contributed by atoms with E-state index >= 15 is 0 Å². The van der Waals surface area contributed by atoms with E-state index in [0.29, 0.717) is 0 Å². The first-order chi connectivity index (χ1) is 7.38. The van der Waals surface area contributed by atoms with E-state index in [1.54, 1.807) is 0 Å². The van der Waals surface area contributed by atoms with E-state index in [1.807, 2.05) is 0 Å². The summed E-state index contributed by atoms with van der Waals surface area (Å²) in [6.07, 6.45) is -1.73. The number of phosphoric acid groups is 1. The molecule has 4 atom stereocenters. The van der Waals surface area contributed by atoms with Crippen molar-refractivity contribution in [2.75, 3.05) is 27.4 Å². The first kappa shape index (κ1) is 14.1. The van der Waals surface area contributed by atoms with Crippen LogP contribution in [-0.4, -0.2) is 63.0 Å². The van der Waals surface area contributed by atoms with Gasteiger partial charge in [0, 0.05) is 14.2 Å². The van der Waals surface area contributed by atoms with Gasteiger partial charge in [0.25, 0.3) is 0 Å². The summed E-state index contributed by atoms with van der Waals surface area (Å²) in [7, 11) is 3.91. The van der Waals surface area contributed by atoms with Gasteiger partial charge in [0.05, 0.1) is 18.7 Å². The van der Waals surface area contributed by atoms with Gasteiger partial charge in [-0.2, -0.15) is 0 Å². The maximum atomic E-state index is 11.2. The number of hydrogen-bond acceptors (Lipinski definition) is 6. The lowest BCUT2D eigenvalue weighted by atomic mass is 9.77. The summed E-state index contributed by atoms with van der Waals surface area (Å²) in [5, 5.41) is 9.05. The molecular weight excluding hydrogens is 238 g/mol. The van der Waals surface area contributed by atoms with Crippen LogP contribution in [0, 0.1) is 0 Å². The van der Waals surface area contributed by atoms with Crippen LogP contribution in [0.15, 0.2) is 0 Å². The second-order valence-corrected chi connectivity index (χ2v) is 4.89. The molecule has 0 saturated carbocycles. The molecule has 0 spiro atoms. The molecule has 1 heterocycles. The SMILES string of the molecule is [B][C@]1(CO)OC[C@H](OP(=O)(O)OC)[C@H]1OC. The van der Waals surface area contributed by atoms with Gasteiger partial charge >= 0.3 is 7.82 Å². The predicted molar refractivity (Wildman–Crippen MR) is 54.0 cm³/mol. The molecule has 1 aliphatic heterocycles. The van der Waals surface area contributed by atoms with E-state index in [2.05, 4.69) is 4.52 Å². The number of aliphatic hydroxyl groups excluding tert-OH is 1. The summed E-state index contributed by atoms with van der Waals surface area (Å²) in [6.45, 7) is -0.558. The second-order valence-electron chi connectivity index (χ2n) is 3.38. The van der Waals surface area contributed by atoms with Crippen LogP contribution in [0.4, 0.5) is 0 Å². The fraction of sp³-hybridized carbons (Fsp3) is 1.00. The lowest BCUT2D eigenvalue weighted by Gasteiger charge is -2.29. The van der Waals surface area contributed by atoms with Gasteiger partial charge in [-0.15, -0.1) is 0 Å².